The molecule has 192 valence electrons. The van der Waals surface area contributed by atoms with Crippen LogP contribution in [0.5, 0.6) is 0 Å². The van der Waals surface area contributed by atoms with Gasteiger partial charge in [-0.1, -0.05) is 59.2 Å². The Hall–Kier alpha value is -3.27. The minimum absolute atomic E-state index is 0.0638. The van der Waals surface area contributed by atoms with E-state index in [-0.39, 0.29) is 35.8 Å². The maximum atomic E-state index is 13.7. The highest BCUT2D eigenvalue weighted by Gasteiger charge is 2.42. The predicted octanol–water partition coefficient (Wildman–Crippen LogP) is 5.13. The Morgan fingerprint density at radius 2 is 1.84 bits per heavy atom. The van der Waals surface area contributed by atoms with Crippen molar-refractivity contribution in [1.82, 2.24) is 19.3 Å². The quantitative estimate of drug-likeness (QED) is 0.323. The first-order valence-corrected chi connectivity index (χ1v) is 14.0. The minimum atomic E-state index is -3.87. The van der Waals surface area contributed by atoms with Gasteiger partial charge >= 0.3 is 0 Å². The minimum Gasteiger partial charge on any atom is -0.337 e. The highest BCUT2D eigenvalue weighted by atomic mass is 35.5. The Morgan fingerprint density at radius 3 is 2.59 bits per heavy atom. The summed E-state index contributed by atoms with van der Waals surface area (Å²) in [6, 6.07) is 18.8. The molecule has 2 heterocycles. The van der Waals surface area contributed by atoms with Crippen LogP contribution in [-0.2, 0) is 21.4 Å². The van der Waals surface area contributed by atoms with Crippen molar-refractivity contribution in [2.24, 2.45) is 0 Å². The number of amides is 1. The van der Waals surface area contributed by atoms with E-state index in [2.05, 4.69) is 10.1 Å². The monoisotopic (exact) mass is 538 g/mol. The van der Waals surface area contributed by atoms with Crippen molar-refractivity contribution >= 4 is 38.3 Å². The summed E-state index contributed by atoms with van der Waals surface area (Å²) in [6.45, 7) is 4.10. The molecule has 1 saturated heterocycles. The summed E-state index contributed by atoms with van der Waals surface area (Å²) < 4.78 is 34.0. The standard InChI is InChI=1S/C27H27ClN4O4S/c1-18(2)31(17-25-29-26(30-36-25)22-10-5-6-11-23(22)28)27(33)24-12-7-15-32(24)37(34,35)21-14-13-19-8-3-4-9-20(19)16-21/h3-6,8-11,13-14,16,18,24H,7,12,15,17H2,1-2H3/t24-/m0/s1. The van der Waals surface area contributed by atoms with Crippen molar-refractivity contribution in [3.05, 3.63) is 77.6 Å². The molecule has 1 aliphatic heterocycles. The zero-order chi connectivity index (χ0) is 26.2. The number of benzene rings is 3. The van der Waals surface area contributed by atoms with Gasteiger partial charge < -0.3 is 9.42 Å². The third-order valence-electron chi connectivity index (χ3n) is 6.61. The van der Waals surface area contributed by atoms with E-state index < -0.39 is 16.1 Å². The highest BCUT2D eigenvalue weighted by Crippen LogP contribution is 2.30. The largest absolute Gasteiger partial charge is 0.337 e. The van der Waals surface area contributed by atoms with Gasteiger partial charge in [-0.05, 0) is 61.7 Å². The van der Waals surface area contributed by atoms with Crippen LogP contribution < -0.4 is 0 Å². The number of sulfonamides is 1. The van der Waals surface area contributed by atoms with Crippen LogP contribution in [0, 0.1) is 0 Å². The van der Waals surface area contributed by atoms with Gasteiger partial charge in [0.1, 0.15) is 12.6 Å². The average molecular weight is 539 g/mol. The number of fused-ring (bicyclic) bond motifs is 1. The Labute approximate surface area is 220 Å². The Morgan fingerprint density at radius 1 is 1.11 bits per heavy atom. The van der Waals surface area contributed by atoms with Crippen LogP contribution in [0.25, 0.3) is 22.2 Å². The molecule has 4 aromatic rings. The lowest BCUT2D eigenvalue weighted by atomic mass is 10.1. The molecule has 5 rings (SSSR count). The van der Waals surface area contributed by atoms with Crippen molar-refractivity contribution in [1.29, 1.82) is 0 Å². The molecule has 8 nitrogen and oxygen atoms in total. The molecule has 1 aliphatic rings. The van der Waals surface area contributed by atoms with Crippen molar-refractivity contribution in [2.75, 3.05) is 6.54 Å². The lowest BCUT2D eigenvalue weighted by molar-refractivity contribution is -0.137. The first kappa shape index (κ1) is 25.4. The molecule has 37 heavy (non-hydrogen) atoms. The number of rotatable bonds is 7. The molecule has 1 atom stereocenters. The first-order valence-electron chi connectivity index (χ1n) is 12.1. The van der Waals surface area contributed by atoms with Gasteiger partial charge in [-0.25, -0.2) is 8.42 Å². The summed E-state index contributed by atoms with van der Waals surface area (Å²) in [6.07, 6.45) is 1.05. The summed E-state index contributed by atoms with van der Waals surface area (Å²) in [7, 11) is -3.87. The fourth-order valence-corrected chi connectivity index (χ4v) is 6.57. The average Bonchev–Trinajstić information content (AvgIpc) is 3.57. The third kappa shape index (κ3) is 4.99. The smallest absolute Gasteiger partial charge is 0.246 e. The van der Waals surface area contributed by atoms with Gasteiger partial charge in [0.15, 0.2) is 0 Å². The molecule has 1 amide bonds. The maximum Gasteiger partial charge on any atom is 0.246 e. The van der Waals surface area contributed by atoms with Crippen LogP contribution >= 0.6 is 11.6 Å². The number of halogens is 1. The van der Waals surface area contributed by atoms with Crippen LogP contribution in [0.4, 0.5) is 0 Å². The molecule has 0 radical (unpaired) electrons. The lowest BCUT2D eigenvalue weighted by Gasteiger charge is -2.31. The molecular formula is C27H27ClN4O4S. The summed E-state index contributed by atoms with van der Waals surface area (Å²) >= 11 is 6.25. The third-order valence-corrected chi connectivity index (χ3v) is 8.84. The van der Waals surface area contributed by atoms with Gasteiger partial charge in [0.2, 0.25) is 27.6 Å². The normalized spacial score (nSPS) is 16.5. The summed E-state index contributed by atoms with van der Waals surface area (Å²) in [5.74, 6) is 0.298. The zero-order valence-corrected chi connectivity index (χ0v) is 22.1. The Kier molecular flexibility index (Phi) is 7.02. The number of hydrogen-bond donors (Lipinski definition) is 0. The van der Waals surface area contributed by atoms with Gasteiger partial charge in [-0.15, -0.1) is 0 Å². The number of hydrogen-bond acceptors (Lipinski definition) is 6. The fraction of sp³-hybridized carbons (Fsp3) is 0.296. The van der Waals surface area contributed by atoms with E-state index in [0.29, 0.717) is 29.3 Å². The fourth-order valence-electron chi connectivity index (χ4n) is 4.66. The molecule has 0 unspecified atom stereocenters. The second-order valence-electron chi connectivity index (χ2n) is 9.33. The van der Waals surface area contributed by atoms with E-state index in [1.807, 2.05) is 50.2 Å². The van der Waals surface area contributed by atoms with Gasteiger partial charge in [0, 0.05) is 18.2 Å². The molecule has 0 aliphatic carbocycles. The molecule has 10 heteroatoms. The lowest BCUT2D eigenvalue weighted by Crippen LogP contribution is -2.49. The van der Waals surface area contributed by atoms with E-state index in [1.165, 1.54) is 4.31 Å². The molecule has 0 saturated carbocycles. The summed E-state index contributed by atoms with van der Waals surface area (Å²) in [5.41, 5.74) is 0.630. The van der Waals surface area contributed by atoms with Crippen LogP contribution in [-0.4, -0.2) is 52.3 Å². The predicted molar refractivity (Wildman–Crippen MR) is 141 cm³/mol. The van der Waals surface area contributed by atoms with Crippen molar-refractivity contribution in [3.63, 3.8) is 0 Å². The van der Waals surface area contributed by atoms with Crippen LogP contribution in [0.3, 0.4) is 0 Å². The first-order chi connectivity index (χ1) is 17.8. The van der Waals surface area contributed by atoms with Gasteiger partial charge in [0.05, 0.1) is 9.92 Å². The SMILES string of the molecule is CC(C)N(Cc1nc(-c2ccccc2Cl)no1)C(=O)[C@@H]1CCCN1S(=O)(=O)c1ccc2ccccc2c1. The molecule has 0 spiro atoms. The molecule has 0 N–H and O–H groups in total. The van der Waals surface area contributed by atoms with Gasteiger partial charge in [-0.3, -0.25) is 4.79 Å². The number of nitrogens with zero attached hydrogens (tertiary/aromatic N) is 4. The number of carbonyl (C=O) groups excluding carboxylic acids is 1. The van der Waals surface area contributed by atoms with E-state index in [0.717, 1.165) is 10.8 Å². The Bertz CT molecular complexity index is 1550. The van der Waals surface area contributed by atoms with Gasteiger partial charge in [0.25, 0.3) is 0 Å². The van der Waals surface area contributed by atoms with Crippen molar-refractivity contribution < 1.29 is 17.7 Å². The molecule has 1 fully saturated rings. The molecule has 0 bridgehead atoms. The maximum absolute atomic E-state index is 13.7. The zero-order valence-electron chi connectivity index (χ0n) is 20.5. The highest BCUT2D eigenvalue weighted by molar-refractivity contribution is 7.89. The van der Waals surface area contributed by atoms with Crippen molar-refractivity contribution in [3.8, 4) is 11.4 Å². The van der Waals surface area contributed by atoms with Crippen LogP contribution in [0.15, 0.2) is 76.1 Å². The van der Waals surface area contributed by atoms with Crippen molar-refractivity contribution in [2.45, 2.75) is 50.2 Å². The topological polar surface area (TPSA) is 96.6 Å². The van der Waals surface area contributed by atoms with Crippen LogP contribution in [0.2, 0.25) is 5.02 Å². The Balaban J connectivity index is 1.39. The van der Waals surface area contributed by atoms with E-state index >= 15 is 0 Å². The van der Waals surface area contributed by atoms with E-state index in [9.17, 15) is 13.2 Å². The van der Waals surface area contributed by atoms with Crippen LogP contribution in [0.1, 0.15) is 32.6 Å². The van der Waals surface area contributed by atoms with E-state index in [4.69, 9.17) is 16.1 Å². The molecule has 1 aromatic heterocycles. The molecule has 3 aromatic carbocycles. The number of aromatic nitrogens is 2. The molecular weight excluding hydrogens is 512 g/mol. The summed E-state index contributed by atoms with van der Waals surface area (Å²) in [4.78, 5) is 19.9. The van der Waals surface area contributed by atoms with E-state index in [1.54, 1.807) is 35.2 Å². The second-order valence-corrected chi connectivity index (χ2v) is 11.6. The second kappa shape index (κ2) is 10.2. The summed E-state index contributed by atoms with van der Waals surface area (Å²) in [5, 5.41) is 6.30. The van der Waals surface area contributed by atoms with Gasteiger partial charge in [-0.2, -0.15) is 9.29 Å². The number of carbonyl (C=O) groups is 1.